The van der Waals surface area contributed by atoms with Crippen molar-refractivity contribution in [2.45, 2.75) is 24.9 Å². The zero-order chi connectivity index (χ0) is 44.0. The van der Waals surface area contributed by atoms with Gasteiger partial charge in [0.15, 0.2) is 17.5 Å². The Hall–Kier alpha value is -8.61. The number of benzene rings is 8. The molecule has 0 bridgehead atoms. The molecule has 11 aromatic rings. The van der Waals surface area contributed by atoms with Crippen LogP contribution in [0.2, 0.25) is 0 Å². The lowest BCUT2D eigenvalue weighted by Gasteiger charge is -2.26. The van der Waals surface area contributed by atoms with E-state index in [0.29, 0.717) is 17.5 Å². The number of nitrogens with zero attached hydrogens (tertiary/aromatic N) is 5. The third kappa shape index (κ3) is 5.92. The lowest BCUT2D eigenvalue weighted by atomic mass is 9.81. The van der Waals surface area contributed by atoms with Crippen LogP contribution in [0.3, 0.4) is 0 Å². The van der Waals surface area contributed by atoms with E-state index in [1.54, 1.807) is 0 Å². The number of hydrogen-bond donors (Lipinski definition) is 0. The zero-order valence-corrected chi connectivity index (χ0v) is 36.4. The van der Waals surface area contributed by atoms with Crippen molar-refractivity contribution < 1.29 is 4.74 Å². The maximum absolute atomic E-state index is 7.08. The second-order valence-corrected chi connectivity index (χ2v) is 17.7. The zero-order valence-electron chi connectivity index (χ0n) is 36.4. The fourth-order valence-corrected chi connectivity index (χ4v) is 10.9. The topological polar surface area (TPSA) is 57.8 Å². The Morgan fingerprint density at radius 3 is 1.94 bits per heavy atom. The molecule has 4 heterocycles. The summed E-state index contributed by atoms with van der Waals surface area (Å²) in [4.78, 5) is 15.8. The third-order valence-corrected chi connectivity index (χ3v) is 13.9. The molecule has 6 nitrogen and oxygen atoms in total. The Bertz CT molecular complexity index is 3840. The molecule has 3 aliphatic rings. The van der Waals surface area contributed by atoms with Gasteiger partial charge in [0.05, 0.1) is 22.2 Å². The lowest BCUT2D eigenvalue weighted by molar-refractivity contribution is 0.224. The van der Waals surface area contributed by atoms with Crippen molar-refractivity contribution in [3.8, 4) is 45.3 Å². The maximum atomic E-state index is 7.08. The predicted octanol–water partition coefficient (Wildman–Crippen LogP) is 14.9. The molecule has 0 radical (unpaired) electrons. The van der Waals surface area contributed by atoms with Gasteiger partial charge in [-0.25, -0.2) is 15.0 Å². The summed E-state index contributed by atoms with van der Waals surface area (Å²) in [7, 11) is 0. The van der Waals surface area contributed by atoms with Gasteiger partial charge in [-0.2, -0.15) is 0 Å². The van der Waals surface area contributed by atoms with Crippen molar-refractivity contribution in [1.29, 1.82) is 0 Å². The van der Waals surface area contributed by atoms with Crippen LogP contribution in [0.25, 0.3) is 94.3 Å². The average Bonchev–Trinajstić information content (AvgIpc) is 4.07. The van der Waals surface area contributed by atoms with Gasteiger partial charge in [-0.05, 0) is 77.2 Å². The SMILES string of the molecule is C1=CC(n2c3ccccc3c3ccc(-c4ccc(-n5c6c(c7c8ccccc8ccc75)C5Oc7ccccc7C5C=C6c5nc(-c6ccccc6)nc(-c6ccccc6)n5)cc4)cc32)=CCC1. The van der Waals surface area contributed by atoms with Gasteiger partial charge in [0, 0.05) is 61.3 Å². The highest BCUT2D eigenvalue weighted by molar-refractivity contribution is 6.13. The van der Waals surface area contributed by atoms with Crippen molar-refractivity contribution in [2.75, 3.05) is 0 Å². The molecule has 0 saturated carbocycles. The van der Waals surface area contributed by atoms with Crippen LogP contribution in [0, 0.1) is 0 Å². The molecule has 6 heteroatoms. The fourth-order valence-electron chi connectivity index (χ4n) is 10.9. The van der Waals surface area contributed by atoms with Crippen LogP contribution < -0.4 is 4.74 Å². The fraction of sp³-hybridized carbons (Fsp3) is 0.0656. The lowest BCUT2D eigenvalue weighted by Crippen LogP contribution is -2.18. The molecule has 0 spiro atoms. The molecule has 67 heavy (non-hydrogen) atoms. The first kappa shape index (κ1) is 37.7. The van der Waals surface area contributed by atoms with Crippen LogP contribution in [0.5, 0.6) is 5.75 Å². The van der Waals surface area contributed by atoms with Gasteiger partial charge in [-0.15, -0.1) is 0 Å². The van der Waals surface area contributed by atoms with Gasteiger partial charge in [-0.3, -0.25) is 0 Å². The number of para-hydroxylation sites is 2. The number of hydrogen-bond acceptors (Lipinski definition) is 4. The van der Waals surface area contributed by atoms with Gasteiger partial charge in [0.2, 0.25) is 0 Å². The molecule has 2 unspecified atom stereocenters. The van der Waals surface area contributed by atoms with E-state index in [9.17, 15) is 0 Å². The number of allylic oxidation sites excluding steroid dienone is 4. The molecule has 0 fully saturated rings. The Morgan fingerprint density at radius 1 is 0.493 bits per heavy atom. The Labute approximate surface area is 387 Å². The molecule has 14 rings (SSSR count). The van der Waals surface area contributed by atoms with E-state index >= 15 is 0 Å². The van der Waals surface area contributed by atoms with E-state index in [1.807, 2.05) is 36.4 Å². The number of aromatic nitrogens is 5. The standard InChI is InChI=1S/C61H41N5O/c1-4-17-40(18-5-1)59-62-60(41-19-6-2-7-20-41)64-61(63-59)50-37-49-48-25-13-15-27-54(48)67-58(49)56-55-45-23-11-10-16-39(45)31-35-52(55)66(57(50)56)44-32-28-38(29-33-44)42-30-34-47-46-24-12-14-26-51(46)65(53(47)36-42)43-21-8-3-9-22-43/h1-2,4-8,10-37,49,58H,3,9H2. The van der Waals surface area contributed by atoms with E-state index in [2.05, 4.69) is 185 Å². The molecule has 0 saturated heterocycles. The summed E-state index contributed by atoms with van der Waals surface area (Å²) in [5, 5.41) is 6.06. The van der Waals surface area contributed by atoms with Crippen LogP contribution in [0.4, 0.5) is 0 Å². The van der Waals surface area contributed by atoms with E-state index in [4.69, 9.17) is 19.7 Å². The summed E-state index contributed by atoms with van der Waals surface area (Å²) in [6.07, 6.45) is 11.1. The summed E-state index contributed by atoms with van der Waals surface area (Å²) in [5.41, 5.74) is 14.3. The Morgan fingerprint density at radius 2 is 1.16 bits per heavy atom. The van der Waals surface area contributed by atoms with Crippen LogP contribution >= 0.6 is 0 Å². The van der Waals surface area contributed by atoms with Gasteiger partial charge in [-0.1, -0.05) is 170 Å². The highest BCUT2D eigenvalue weighted by Gasteiger charge is 2.44. The van der Waals surface area contributed by atoms with Crippen LogP contribution in [-0.2, 0) is 0 Å². The molecule has 8 aromatic carbocycles. The largest absolute Gasteiger partial charge is 0.484 e. The highest BCUT2D eigenvalue weighted by Crippen LogP contribution is 2.56. The molecule has 2 atom stereocenters. The first-order valence-electron chi connectivity index (χ1n) is 23.2. The van der Waals surface area contributed by atoms with Crippen LogP contribution in [0.15, 0.2) is 212 Å². The summed E-state index contributed by atoms with van der Waals surface area (Å²) in [5.74, 6) is 2.71. The number of ether oxygens (including phenoxy) is 1. The number of fused-ring (bicyclic) bond motifs is 12. The smallest absolute Gasteiger partial charge is 0.165 e. The molecule has 316 valence electrons. The maximum Gasteiger partial charge on any atom is 0.165 e. The van der Waals surface area contributed by atoms with Gasteiger partial charge in [0.25, 0.3) is 0 Å². The summed E-state index contributed by atoms with van der Waals surface area (Å²) in [6, 6.07) is 66.9. The Balaban J connectivity index is 1.00. The monoisotopic (exact) mass is 859 g/mol. The van der Waals surface area contributed by atoms with Gasteiger partial charge < -0.3 is 13.9 Å². The number of rotatable bonds is 6. The normalized spacial score (nSPS) is 16.2. The van der Waals surface area contributed by atoms with E-state index in [-0.39, 0.29) is 12.0 Å². The minimum Gasteiger partial charge on any atom is -0.484 e. The first-order valence-corrected chi connectivity index (χ1v) is 23.2. The first-order chi connectivity index (χ1) is 33.2. The van der Waals surface area contributed by atoms with Crippen molar-refractivity contribution in [1.82, 2.24) is 24.1 Å². The third-order valence-electron chi connectivity index (χ3n) is 13.9. The molecule has 3 aromatic heterocycles. The van der Waals surface area contributed by atoms with Crippen molar-refractivity contribution in [3.05, 3.63) is 235 Å². The van der Waals surface area contributed by atoms with Crippen LogP contribution in [0.1, 0.15) is 47.5 Å². The molecule has 1 aliphatic heterocycles. The quantitative estimate of drug-likeness (QED) is 0.167. The second kappa shape index (κ2) is 15.0. The van der Waals surface area contributed by atoms with Crippen molar-refractivity contribution >= 4 is 54.8 Å². The van der Waals surface area contributed by atoms with Gasteiger partial charge >= 0.3 is 0 Å². The van der Waals surface area contributed by atoms with E-state index in [1.165, 1.54) is 49.2 Å². The molecule has 0 amide bonds. The highest BCUT2D eigenvalue weighted by atomic mass is 16.5. The Kier molecular flexibility index (Phi) is 8.43. The molecular weight excluding hydrogens is 819 g/mol. The van der Waals surface area contributed by atoms with E-state index < -0.39 is 0 Å². The minimum absolute atomic E-state index is 0.0680. The summed E-state index contributed by atoms with van der Waals surface area (Å²) < 4.78 is 11.9. The van der Waals surface area contributed by atoms with Crippen LogP contribution in [-0.4, -0.2) is 24.1 Å². The second-order valence-electron chi connectivity index (χ2n) is 17.7. The molecular formula is C61H41N5O. The molecule has 0 N–H and O–H groups in total. The van der Waals surface area contributed by atoms with Crippen molar-refractivity contribution in [3.63, 3.8) is 0 Å². The average molecular weight is 860 g/mol. The summed E-state index contributed by atoms with van der Waals surface area (Å²) in [6.45, 7) is 0. The van der Waals surface area contributed by atoms with E-state index in [0.717, 1.165) is 68.9 Å². The predicted molar refractivity (Wildman–Crippen MR) is 272 cm³/mol. The van der Waals surface area contributed by atoms with Crippen molar-refractivity contribution in [2.24, 2.45) is 0 Å². The summed E-state index contributed by atoms with van der Waals surface area (Å²) >= 11 is 0. The molecule has 2 aliphatic carbocycles. The van der Waals surface area contributed by atoms with Gasteiger partial charge in [0.1, 0.15) is 11.9 Å². The minimum atomic E-state index is -0.262.